The molecule has 1 aliphatic rings. The molecule has 3 N–H and O–H groups in total. The molecule has 1 aromatic rings. The molecule has 1 amide bonds. The Kier molecular flexibility index (Phi) is 5.68. The zero-order chi connectivity index (χ0) is 15.1. The Balaban J connectivity index is 1.73. The minimum absolute atomic E-state index is 0.0110. The van der Waals surface area contributed by atoms with Gasteiger partial charge in [-0.05, 0) is 50.4 Å². The van der Waals surface area contributed by atoms with E-state index in [1.165, 1.54) is 31.2 Å². The number of carboxylic acid groups (broad SMARTS) is 1. The van der Waals surface area contributed by atoms with E-state index in [2.05, 4.69) is 15.6 Å². The van der Waals surface area contributed by atoms with Gasteiger partial charge in [0, 0.05) is 12.6 Å². The molecule has 0 radical (unpaired) electrons. The molecule has 0 aromatic carbocycles. The van der Waals surface area contributed by atoms with Gasteiger partial charge in [-0.25, -0.2) is 4.79 Å². The lowest BCUT2D eigenvalue weighted by Gasteiger charge is -2.22. The summed E-state index contributed by atoms with van der Waals surface area (Å²) in [6, 6.07) is 2.91. The molecule has 1 aromatic heterocycles. The van der Waals surface area contributed by atoms with Gasteiger partial charge in [-0.3, -0.25) is 9.78 Å². The second-order valence-corrected chi connectivity index (χ2v) is 5.37. The normalized spacial score (nSPS) is 18.2. The smallest absolute Gasteiger partial charge is 0.335 e. The van der Waals surface area contributed by atoms with E-state index in [0.717, 1.165) is 19.5 Å². The van der Waals surface area contributed by atoms with Crippen LogP contribution < -0.4 is 10.6 Å². The van der Waals surface area contributed by atoms with Crippen LogP contribution in [0.4, 0.5) is 0 Å². The van der Waals surface area contributed by atoms with Crippen molar-refractivity contribution < 1.29 is 14.7 Å². The zero-order valence-electron chi connectivity index (χ0n) is 12.0. The second kappa shape index (κ2) is 7.73. The van der Waals surface area contributed by atoms with Gasteiger partial charge in [-0.15, -0.1) is 0 Å². The van der Waals surface area contributed by atoms with E-state index in [0.29, 0.717) is 18.0 Å². The standard InChI is InChI=1S/C15H21N3O3/c19-14(4-3-11-2-1-6-16-9-11)18-10-13-8-12(15(20)21)5-7-17-13/h5,7-8,11,16H,1-4,6,9-10H2,(H,18,19)(H,20,21). The Morgan fingerprint density at radius 2 is 2.33 bits per heavy atom. The maximum atomic E-state index is 11.8. The number of rotatable bonds is 6. The summed E-state index contributed by atoms with van der Waals surface area (Å²) in [6.07, 6.45) is 5.20. The van der Waals surface area contributed by atoms with Crippen molar-refractivity contribution >= 4 is 11.9 Å². The molecule has 1 saturated heterocycles. The highest BCUT2D eigenvalue weighted by Gasteiger charge is 2.14. The minimum Gasteiger partial charge on any atom is -0.478 e. The van der Waals surface area contributed by atoms with Crippen LogP contribution in [0, 0.1) is 5.92 Å². The fourth-order valence-electron chi connectivity index (χ4n) is 2.49. The van der Waals surface area contributed by atoms with Crippen LogP contribution in [0.3, 0.4) is 0 Å². The molecule has 2 heterocycles. The molecule has 21 heavy (non-hydrogen) atoms. The first-order valence-corrected chi connectivity index (χ1v) is 7.31. The number of nitrogens with zero attached hydrogens (tertiary/aromatic N) is 1. The number of aromatic carboxylic acids is 1. The molecule has 114 valence electrons. The van der Waals surface area contributed by atoms with E-state index >= 15 is 0 Å². The summed E-state index contributed by atoms with van der Waals surface area (Å²) in [4.78, 5) is 26.7. The first-order valence-electron chi connectivity index (χ1n) is 7.31. The summed E-state index contributed by atoms with van der Waals surface area (Å²) in [5.74, 6) is -0.421. The first kappa shape index (κ1) is 15.4. The number of carbonyl (C=O) groups excluding carboxylic acids is 1. The average molecular weight is 291 g/mol. The third-order valence-corrected chi connectivity index (χ3v) is 3.71. The molecule has 2 rings (SSSR count). The van der Waals surface area contributed by atoms with Crippen LogP contribution in [0.5, 0.6) is 0 Å². The van der Waals surface area contributed by atoms with Gasteiger partial charge in [0.25, 0.3) is 0 Å². The lowest BCUT2D eigenvalue weighted by atomic mass is 9.94. The predicted molar refractivity (Wildman–Crippen MR) is 77.9 cm³/mol. The van der Waals surface area contributed by atoms with E-state index in [4.69, 9.17) is 5.11 Å². The summed E-state index contributed by atoms with van der Waals surface area (Å²) in [7, 11) is 0. The third kappa shape index (κ3) is 5.15. The molecule has 0 aliphatic carbocycles. The highest BCUT2D eigenvalue weighted by atomic mass is 16.4. The molecule has 0 saturated carbocycles. The van der Waals surface area contributed by atoms with Gasteiger partial charge in [0.05, 0.1) is 17.8 Å². The number of piperidine rings is 1. The lowest BCUT2D eigenvalue weighted by molar-refractivity contribution is -0.121. The van der Waals surface area contributed by atoms with Crippen molar-refractivity contribution in [3.8, 4) is 0 Å². The number of amides is 1. The van der Waals surface area contributed by atoms with Crippen LogP contribution in [0.1, 0.15) is 41.7 Å². The first-order chi connectivity index (χ1) is 10.1. The van der Waals surface area contributed by atoms with Crippen molar-refractivity contribution in [3.05, 3.63) is 29.6 Å². The number of carboxylic acids is 1. The van der Waals surface area contributed by atoms with Gasteiger partial charge in [0.15, 0.2) is 0 Å². The number of nitrogens with one attached hydrogen (secondary N) is 2. The Bertz CT molecular complexity index is 499. The van der Waals surface area contributed by atoms with Crippen LogP contribution in [-0.2, 0) is 11.3 Å². The maximum absolute atomic E-state index is 11.8. The topological polar surface area (TPSA) is 91.3 Å². The van der Waals surface area contributed by atoms with Crippen molar-refractivity contribution in [3.63, 3.8) is 0 Å². The summed E-state index contributed by atoms with van der Waals surface area (Å²) in [6.45, 7) is 2.34. The largest absolute Gasteiger partial charge is 0.478 e. The van der Waals surface area contributed by atoms with E-state index in [9.17, 15) is 9.59 Å². The van der Waals surface area contributed by atoms with Crippen LogP contribution in [0.15, 0.2) is 18.3 Å². The number of hydrogen-bond donors (Lipinski definition) is 3. The van der Waals surface area contributed by atoms with Crippen LogP contribution in [0.25, 0.3) is 0 Å². The molecule has 1 atom stereocenters. The van der Waals surface area contributed by atoms with Crippen molar-refractivity contribution in [2.24, 2.45) is 5.92 Å². The third-order valence-electron chi connectivity index (χ3n) is 3.71. The maximum Gasteiger partial charge on any atom is 0.335 e. The predicted octanol–water partition coefficient (Wildman–Crippen LogP) is 1.18. The molecule has 1 aliphatic heterocycles. The SMILES string of the molecule is O=C(CCC1CCCNC1)NCc1cc(C(=O)O)ccn1. The summed E-state index contributed by atoms with van der Waals surface area (Å²) >= 11 is 0. The molecule has 6 heteroatoms. The van der Waals surface area contributed by atoms with Gasteiger partial charge < -0.3 is 15.7 Å². The minimum atomic E-state index is -0.991. The van der Waals surface area contributed by atoms with Gasteiger partial charge in [0.2, 0.25) is 5.91 Å². The summed E-state index contributed by atoms with van der Waals surface area (Å²) in [5, 5.41) is 15.0. The molecule has 1 unspecified atom stereocenters. The van der Waals surface area contributed by atoms with Crippen molar-refractivity contribution in [1.82, 2.24) is 15.6 Å². The molecular weight excluding hydrogens is 270 g/mol. The number of aromatic nitrogens is 1. The highest BCUT2D eigenvalue weighted by molar-refractivity contribution is 5.87. The van der Waals surface area contributed by atoms with Crippen LogP contribution >= 0.6 is 0 Å². The average Bonchev–Trinajstić information content (AvgIpc) is 2.52. The van der Waals surface area contributed by atoms with E-state index in [1.54, 1.807) is 0 Å². The molecule has 1 fully saturated rings. The molecule has 0 spiro atoms. The Morgan fingerprint density at radius 3 is 3.05 bits per heavy atom. The van der Waals surface area contributed by atoms with E-state index < -0.39 is 5.97 Å². The van der Waals surface area contributed by atoms with Gasteiger partial charge in [-0.2, -0.15) is 0 Å². The van der Waals surface area contributed by atoms with Crippen molar-refractivity contribution in [1.29, 1.82) is 0 Å². The zero-order valence-corrected chi connectivity index (χ0v) is 12.0. The fourth-order valence-corrected chi connectivity index (χ4v) is 2.49. The highest BCUT2D eigenvalue weighted by Crippen LogP contribution is 2.15. The second-order valence-electron chi connectivity index (χ2n) is 5.37. The molecule has 0 bridgehead atoms. The van der Waals surface area contributed by atoms with E-state index in [-0.39, 0.29) is 18.0 Å². The van der Waals surface area contributed by atoms with Gasteiger partial charge >= 0.3 is 5.97 Å². The van der Waals surface area contributed by atoms with Crippen LogP contribution in [0.2, 0.25) is 0 Å². The van der Waals surface area contributed by atoms with E-state index in [1.807, 2.05) is 0 Å². The van der Waals surface area contributed by atoms with Gasteiger partial charge in [0.1, 0.15) is 0 Å². The monoisotopic (exact) mass is 291 g/mol. The van der Waals surface area contributed by atoms with Crippen molar-refractivity contribution in [2.45, 2.75) is 32.2 Å². The lowest BCUT2D eigenvalue weighted by Crippen LogP contribution is -2.31. The fraction of sp³-hybridized carbons (Fsp3) is 0.533. The number of hydrogen-bond acceptors (Lipinski definition) is 4. The number of pyridine rings is 1. The van der Waals surface area contributed by atoms with Crippen molar-refractivity contribution in [2.75, 3.05) is 13.1 Å². The molecule has 6 nitrogen and oxygen atoms in total. The summed E-state index contributed by atoms with van der Waals surface area (Å²) in [5.41, 5.74) is 0.741. The Morgan fingerprint density at radius 1 is 1.48 bits per heavy atom. The Hall–Kier alpha value is -1.95. The summed E-state index contributed by atoms with van der Waals surface area (Å²) < 4.78 is 0. The van der Waals surface area contributed by atoms with Crippen LogP contribution in [-0.4, -0.2) is 35.1 Å². The quantitative estimate of drug-likeness (QED) is 0.732. The van der Waals surface area contributed by atoms with Gasteiger partial charge in [-0.1, -0.05) is 0 Å². The Labute approximate surface area is 124 Å². The molecular formula is C15H21N3O3. The number of carbonyl (C=O) groups is 2.